The predicted molar refractivity (Wildman–Crippen MR) is 54.8 cm³/mol. The molecule has 66 valence electrons. The summed E-state index contributed by atoms with van der Waals surface area (Å²) in [6.45, 7) is 0. The molecule has 0 aromatic rings. The zero-order valence-corrected chi connectivity index (χ0v) is 8.69. The SMILES string of the molecule is O=C=NC1=CC(I)=CC(N=C=O)C1. The number of hydrogen-bond acceptors (Lipinski definition) is 4. The number of rotatable bonds is 2. The zero-order chi connectivity index (χ0) is 9.68. The molecule has 1 atom stereocenters. The Hall–Kier alpha value is -1.03. The first kappa shape index (κ1) is 10.1. The van der Waals surface area contributed by atoms with Gasteiger partial charge in [-0.25, -0.2) is 9.59 Å². The highest BCUT2D eigenvalue weighted by molar-refractivity contribution is 14.1. The normalized spacial score (nSPS) is 20.5. The third-order valence-electron chi connectivity index (χ3n) is 1.48. The van der Waals surface area contributed by atoms with E-state index in [9.17, 15) is 9.59 Å². The molecular formula is C8H5IN2O2. The van der Waals surface area contributed by atoms with Gasteiger partial charge < -0.3 is 0 Å². The van der Waals surface area contributed by atoms with Crippen LogP contribution in [0.3, 0.4) is 0 Å². The molecule has 0 N–H and O–H groups in total. The zero-order valence-electron chi connectivity index (χ0n) is 6.53. The minimum absolute atomic E-state index is 0.249. The summed E-state index contributed by atoms with van der Waals surface area (Å²) in [5.41, 5.74) is 0.589. The number of halogens is 1. The summed E-state index contributed by atoms with van der Waals surface area (Å²) in [6, 6.07) is -0.249. The van der Waals surface area contributed by atoms with E-state index < -0.39 is 0 Å². The fraction of sp³-hybridized carbons (Fsp3) is 0.250. The summed E-state index contributed by atoms with van der Waals surface area (Å²) >= 11 is 2.07. The lowest BCUT2D eigenvalue weighted by molar-refractivity contribution is 0.559. The summed E-state index contributed by atoms with van der Waals surface area (Å²) in [5, 5.41) is 0. The van der Waals surface area contributed by atoms with Crippen LogP contribution in [-0.4, -0.2) is 18.2 Å². The van der Waals surface area contributed by atoms with Crippen molar-refractivity contribution in [3.63, 3.8) is 0 Å². The lowest BCUT2D eigenvalue weighted by atomic mass is 10.1. The summed E-state index contributed by atoms with van der Waals surface area (Å²) < 4.78 is 0.904. The second-order valence-electron chi connectivity index (χ2n) is 2.38. The van der Waals surface area contributed by atoms with E-state index in [0.717, 1.165) is 3.58 Å². The van der Waals surface area contributed by atoms with Crippen LogP contribution >= 0.6 is 22.6 Å². The van der Waals surface area contributed by atoms with Crippen LogP contribution in [0.4, 0.5) is 0 Å². The highest BCUT2D eigenvalue weighted by Gasteiger charge is 2.12. The molecule has 4 nitrogen and oxygen atoms in total. The molecule has 0 heterocycles. The number of carbonyl (C=O) groups excluding carboxylic acids is 2. The molecule has 1 rings (SSSR count). The Kier molecular flexibility index (Phi) is 3.76. The lowest BCUT2D eigenvalue weighted by Gasteiger charge is -2.10. The number of nitrogens with zero attached hydrogens (tertiary/aromatic N) is 2. The highest BCUT2D eigenvalue weighted by Crippen LogP contribution is 2.24. The van der Waals surface area contributed by atoms with Crippen molar-refractivity contribution in [3.8, 4) is 0 Å². The monoisotopic (exact) mass is 288 g/mol. The van der Waals surface area contributed by atoms with E-state index in [1.54, 1.807) is 6.08 Å². The van der Waals surface area contributed by atoms with Crippen molar-refractivity contribution < 1.29 is 9.59 Å². The fourth-order valence-electron chi connectivity index (χ4n) is 1.01. The fourth-order valence-corrected chi connectivity index (χ4v) is 1.78. The van der Waals surface area contributed by atoms with Gasteiger partial charge in [-0.2, -0.15) is 9.98 Å². The summed E-state index contributed by atoms with van der Waals surface area (Å²) in [5.74, 6) is 0. The van der Waals surface area contributed by atoms with Crippen molar-refractivity contribution in [2.24, 2.45) is 9.98 Å². The molecule has 1 unspecified atom stereocenters. The van der Waals surface area contributed by atoms with Crippen molar-refractivity contribution in [1.82, 2.24) is 0 Å². The van der Waals surface area contributed by atoms with E-state index in [-0.39, 0.29) is 6.04 Å². The van der Waals surface area contributed by atoms with Gasteiger partial charge in [-0.05, 0) is 34.7 Å². The topological polar surface area (TPSA) is 58.9 Å². The van der Waals surface area contributed by atoms with Gasteiger partial charge in [0.25, 0.3) is 0 Å². The van der Waals surface area contributed by atoms with Crippen LogP contribution in [0.5, 0.6) is 0 Å². The molecule has 0 fully saturated rings. The molecular weight excluding hydrogens is 283 g/mol. The van der Waals surface area contributed by atoms with Gasteiger partial charge in [0, 0.05) is 10.0 Å². The van der Waals surface area contributed by atoms with E-state index in [2.05, 4.69) is 32.6 Å². The quantitative estimate of drug-likeness (QED) is 0.440. The first-order valence-corrected chi connectivity index (χ1v) is 4.57. The predicted octanol–water partition coefficient (Wildman–Crippen LogP) is 1.63. The molecule has 0 aliphatic heterocycles. The van der Waals surface area contributed by atoms with E-state index in [4.69, 9.17) is 0 Å². The van der Waals surface area contributed by atoms with E-state index in [1.807, 2.05) is 6.08 Å². The van der Waals surface area contributed by atoms with Crippen molar-refractivity contribution in [3.05, 3.63) is 21.4 Å². The van der Waals surface area contributed by atoms with Gasteiger partial charge in [0.15, 0.2) is 0 Å². The second kappa shape index (κ2) is 4.87. The van der Waals surface area contributed by atoms with Crippen LogP contribution in [0.15, 0.2) is 31.4 Å². The lowest BCUT2D eigenvalue weighted by Crippen LogP contribution is -2.05. The Morgan fingerprint density at radius 3 is 2.85 bits per heavy atom. The van der Waals surface area contributed by atoms with Crippen LogP contribution in [0.25, 0.3) is 0 Å². The Bertz CT molecular complexity index is 360. The molecule has 13 heavy (non-hydrogen) atoms. The molecule has 0 aromatic heterocycles. The molecule has 1 aliphatic carbocycles. The maximum atomic E-state index is 9.99. The third-order valence-corrected chi connectivity index (χ3v) is 2.15. The van der Waals surface area contributed by atoms with Gasteiger partial charge >= 0.3 is 0 Å². The molecule has 0 aromatic carbocycles. The van der Waals surface area contributed by atoms with E-state index >= 15 is 0 Å². The first-order valence-electron chi connectivity index (χ1n) is 3.49. The molecule has 0 bridgehead atoms. The maximum absolute atomic E-state index is 9.99. The van der Waals surface area contributed by atoms with Crippen LogP contribution in [0.2, 0.25) is 0 Å². The minimum Gasteiger partial charge on any atom is -0.211 e. The van der Waals surface area contributed by atoms with Crippen LogP contribution in [0, 0.1) is 0 Å². The molecule has 1 aliphatic rings. The number of allylic oxidation sites excluding steroid dienone is 2. The van der Waals surface area contributed by atoms with Gasteiger partial charge in [0.2, 0.25) is 12.2 Å². The Labute approximate surface area is 88.3 Å². The Morgan fingerprint density at radius 1 is 1.46 bits per heavy atom. The smallest absolute Gasteiger partial charge is 0.211 e. The molecule has 0 amide bonds. The second-order valence-corrected chi connectivity index (χ2v) is 3.63. The molecule has 5 heteroatoms. The summed E-state index contributed by atoms with van der Waals surface area (Å²) in [6.07, 6.45) is 6.96. The molecule has 0 saturated heterocycles. The van der Waals surface area contributed by atoms with Crippen molar-refractivity contribution in [2.45, 2.75) is 12.5 Å². The van der Waals surface area contributed by atoms with Gasteiger partial charge in [0.1, 0.15) is 0 Å². The average Bonchev–Trinajstić information content (AvgIpc) is 2.04. The van der Waals surface area contributed by atoms with Crippen molar-refractivity contribution in [2.75, 3.05) is 0 Å². The first-order chi connectivity index (χ1) is 6.26. The summed E-state index contributed by atoms with van der Waals surface area (Å²) in [4.78, 5) is 27.0. The van der Waals surface area contributed by atoms with E-state index in [1.165, 1.54) is 12.2 Å². The van der Waals surface area contributed by atoms with Gasteiger partial charge in [0.05, 0.1) is 11.7 Å². The molecule has 0 spiro atoms. The van der Waals surface area contributed by atoms with Gasteiger partial charge in [-0.1, -0.05) is 0 Å². The maximum Gasteiger partial charge on any atom is 0.240 e. The minimum atomic E-state index is -0.249. The van der Waals surface area contributed by atoms with Crippen LogP contribution < -0.4 is 0 Å². The third kappa shape index (κ3) is 3.06. The molecule has 0 radical (unpaired) electrons. The Morgan fingerprint density at radius 2 is 2.23 bits per heavy atom. The van der Waals surface area contributed by atoms with Crippen molar-refractivity contribution >= 4 is 34.8 Å². The highest BCUT2D eigenvalue weighted by atomic mass is 127. The Balaban J connectivity index is 2.88. The van der Waals surface area contributed by atoms with Crippen LogP contribution in [-0.2, 0) is 9.59 Å². The summed E-state index contributed by atoms with van der Waals surface area (Å²) in [7, 11) is 0. The van der Waals surface area contributed by atoms with E-state index in [0.29, 0.717) is 12.1 Å². The van der Waals surface area contributed by atoms with Crippen LogP contribution in [0.1, 0.15) is 6.42 Å². The van der Waals surface area contributed by atoms with Crippen molar-refractivity contribution in [1.29, 1.82) is 0 Å². The standard InChI is InChI=1S/C8H5IN2O2/c9-6-1-7(10-4-12)3-8(2-6)11-5-13/h1-2,7H,3H2. The van der Waals surface area contributed by atoms with Gasteiger partial charge in [-0.15, -0.1) is 0 Å². The molecule has 0 saturated carbocycles. The number of isocyanates is 2. The number of hydrogen-bond donors (Lipinski definition) is 0. The number of aliphatic imine (C=N–C) groups is 2. The largest absolute Gasteiger partial charge is 0.240 e. The van der Waals surface area contributed by atoms with Gasteiger partial charge in [-0.3, -0.25) is 0 Å². The average molecular weight is 288 g/mol.